The third-order valence-electron chi connectivity index (χ3n) is 20.1. The van der Waals surface area contributed by atoms with Crippen LogP contribution in [0.15, 0.2) is 291 Å². The molecule has 0 saturated heterocycles. The van der Waals surface area contributed by atoms with Crippen LogP contribution in [0, 0.1) is 0 Å². The summed E-state index contributed by atoms with van der Waals surface area (Å²) in [5.74, 6) is 0. The van der Waals surface area contributed by atoms with E-state index in [1.165, 1.54) is 154 Å². The Morgan fingerprint density at radius 2 is 0.615 bits per heavy atom. The van der Waals surface area contributed by atoms with Gasteiger partial charge in [-0.05, 0) is 0 Å². The van der Waals surface area contributed by atoms with Crippen molar-refractivity contribution in [2.24, 2.45) is 0 Å². The molecular weight excluding hydrogens is 1170 g/mol. The third-order valence-corrected chi connectivity index (χ3v) is 22.9. The molecule has 420 valence electrons. The van der Waals surface area contributed by atoms with E-state index in [2.05, 4.69) is 321 Å². The molecule has 9 heteroatoms. The van der Waals surface area contributed by atoms with E-state index in [1.54, 1.807) is 0 Å². The predicted molar refractivity (Wildman–Crippen MR) is 384 cm³/mol. The summed E-state index contributed by atoms with van der Waals surface area (Å²) in [6.07, 6.45) is 0. The van der Waals surface area contributed by atoms with Gasteiger partial charge in [0.05, 0.1) is 0 Å². The van der Waals surface area contributed by atoms with Gasteiger partial charge >= 0.3 is 538 Å². The average molecular weight is 1220 g/mol. The number of nitrogens with zero attached hydrogens (tertiary/aromatic N) is 4. The van der Waals surface area contributed by atoms with Crippen molar-refractivity contribution < 1.29 is 0 Å². The van der Waals surface area contributed by atoms with Gasteiger partial charge in [0.25, 0.3) is 0 Å². The molecule has 0 unspecified atom stereocenters. The van der Waals surface area contributed by atoms with Gasteiger partial charge in [-0.25, -0.2) is 0 Å². The van der Waals surface area contributed by atoms with Gasteiger partial charge in [-0.1, -0.05) is 0 Å². The minimum atomic E-state index is -0.138. The fourth-order valence-electron chi connectivity index (χ4n) is 16.4. The standard InChI is InChI=1S/C82H50B2N6Se/c1-7-23-49(24-8-1)55-43-59(53-31-15-5-16-32-53)74-70(47-55)89-68-39-21-38-67-73(68)84(62-45-57(46-63(85-74)77(62)89)51-27-11-3-12-28-51)82-80-79-81(91-82)83-61-42-41-58(52-29-13-4-14-30-52)76-78(61)90(69-40-22-37-66(72(69)83)87(79)64-35-19-20-36-65(64)88(67)80)71-48-56(50-25-9-2-10-26-50)44-60(75(71)86-76)54-33-17-6-18-34-54/h1-48,85-86H. The second kappa shape index (κ2) is 18.7. The molecule has 6 nitrogen and oxygen atoms in total. The number of benzene rings is 13. The van der Waals surface area contributed by atoms with Gasteiger partial charge in [-0.3, -0.25) is 0 Å². The van der Waals surface area contributed by atoms with E-state index in [-0.39, 0.29) is 27.9 Å². The Labute approximate surface area is 534 Å². The molecule has 7 aliphatic rings. The second-order valence-corrected chi connectivity index (χ2v) is 27.1. The molecule has 0 atom stereocenters. The van der Waals surface area contributed by atoms with Crippen molar-refractivity contribution in [2.75, 3.05) is 30.2 Å². The van der Waals surface area contributed by atoms with Crippen LogP contribution in [0.3, 0.4) is 0 Å². The Morgan fingerprint density at radius 3 is 1.09 bits per heavy atom. The monoisotopic (exact) mass is 1220 g/mol. The molecule has 0 spiro atoms. The molecule has 0 amide bonds. The molecule has 0 bridgehead atoms. The van der Waals surface area contributed by atoms with Crippen molar-refractivity contribution in [1.29, 1.82) is 0 Å². The van der Waals surface area contributed by atoms with Crippen LogP contribution in [-0.2, 0) is 0 Å². The number of hydrogen-bond donors (Lipinski definition) is 2. The average Bonchev–Trinajstić information content (AvgIpc) is 1.63. The number of hydrogen-bond acceptors (Lipinski definition) is 6. The molecule has 0 aliphatic carbocycles. The zero-order chi connectivity index (χ0) is 59.2. The normalized spacial score (nSPS) is 13.8. The summed E-state index contributed by atoms with van der Waals surface area (Å²) in [6, 6.07) is 109. The Bertz CT molecular complexity index is 5450. The topological polar surface area (TPSA) is 37.0 Å². The Hall–Kier alpha value is -11.2. The van der Waals surface area contributed by atoms with Gasteiger partial charge in [-0.15, -0.1) is 0 Å². The van der Waals surface area contributed by atoms with Crippen LogP contribution in [-0.4, -0.2) is 27.9 Å². The Kier molecular flexibility index (Phi) is 10.2. The van der Waals surface area contributed by atoms with Crippen molar-refractivity contribution >= 4 is 149 Å². The predicted octanol–water partition coefficient (Wildman–Crippen LogP) is 17.3. The molecule has 0 saturated carbocycles. The second-order valence-electron chi connectivity index (χ2n) is 24.8. The molecule has 0 fully saturated rings. The van der Waals surface area contributed by atoms with E-state index >= 15 is 0 Å². The fourth-order valence-corrected chi connectivity index (χ4v) is 19.6. The van der Waals surface area contributed by atoms with Gasteiger partial charge in [0.2, 0.25) is 0 Å². The molecule has 7 aliphatic heterocycles. The van der Waals surface area contributed by atoms with Crippen LogP contribution in [0.4, 0.5) is 91.0 Å². The molecule has 21 rings (SSSR count). The van der Waals surface area contributed by atoms with Crippen molar-refractivity contribution in [3.63, 3.8) is 0 Å². The molecule has 0 radical (unpaired) electrons. The van der Waals surface area contributed by atoms with E-state index in [0.29, 0.717) is 0 Å². The SMILES string of the molecule is c1ccc(-c2cc3c4c(c2)B2c5[se]c6c7c5N(c5ccccc5N7c5cccc7c5B6c5ccc(-c6ccccc6)c6c5N7c5cc(-c7ccccc7)cc(-c7ccccc7)c5N6)c5cccc(c52)N4c2cc(-c4ccccc4)cc(-c4ccccc4)c2N3)cc1. The van der Waals surface area contributed by atoms with Crippen LogP contribution in [0.5, 0.6) is 0 Å². The molecule has 14 aromatic rings. The van der Waals surface area contributed by atoms with Crippen molar-refractivity contribution in [2.45, 2.75) is 0 Å². The number of fused-ring (bicyclic) bond motifs is 15. The molecule has 8 heterocycles. The first-order valence-electron chi connectivity index (χ1n) is 31.5. The molecule has 1 aromatic heterocycles. The zero-order valence-corrected chi connectivity index (χ0v) is 50.8. The first kappa shape index (κ1) is 49.7. The molecule has 2 N–H and O–H groups in total. The van der Waals surface area contributed by atoms with E-state index in [1.807, 2.05) is 0 Å². The third kappa shape index (κ3) is 6.83. The molecule has 91 heavy (non-hydrogen) atoms. The van der Waals surface area contributed by atoms with Crippen LogP contribution < -0.4 is 60.8 Å². The van der Waals surface area contributed by atoms with Gasteiger partial charge in [0.15, 0.2) is 0 Å². The number of rotatable bonds is 6. The Morgan fingerprint density at radius 1 is 0.242 bits per heavy atom. The summed E-state index contributed by atoms with van der Waals surface area (Å²) in [7, 11) is 0. The number of anilines is 16. The van der Waals surface area contributed by atoms with Gasteiger partial charge in [0, 0.05) is 0 Å². The first-order valence-corrected chi connectivity index (χ1v) is 33.2. The van der Waals surface area contributed by atoms with Crippen LogP contribution in [0.25, 0.3) is 66.8 Å². The summed E-state index contributed by atoms with van der Waals surface area (Å²) >= 11 is -0.138. The van der Waals surface area contributed by atoms with Crippen molar-refractivity contribution in [3.8, 4) is 66.8 Å². The van der Waals surface area contributed by atoms with E-state index < -0.39 is 0 Å². The van der Waals surface area contributed by atoms with Crippen LogP contribution in [0.2, 0.25) is 0 Å². The number of para-hydroxylation sites is 2. The summed E-state index contributed by atoms with van der Waals surface area (Å²) in [4.78, 5) is 10.7. The maximum atomic E-state index is 4.28. The maximum absolute atomic E-state index is 4.28. The quantitative estimate of drug-likeness (QED) is 0.162. The summed E-state index contributed by atoms with van der Waals surface area (Å²) < 4.78 is 3.02. The van der Waals surface area contributed by atoms with E-state index in [0.717, 1.165) is 34.1 Å². The van der Waals surface area contributed by atoms with Crippen molar-refractivity contribution in [3.05, 3.63) is 291 Å². The van der Waals surface area contributed by atoms with Crippen molar-refractivity contribution in [1.82, 2.24) is 0 Å². The van der Waals surface area contributed by atoms with E-state index in [9.17, 15) is 0 Å². The number of nitrogens with one attached hydrogen (secondary N) is 2. The summed E-state index contributed by atoms with van der Waals surface area (Å²) in [5, 5.41) is 8.51. The molecule has 13 aromatic carbocycles. The molecular formula is C82H50B2N6Se. The summed E-state index contributed by atoms with van der Waals surface area (Å²) in [5.41, 5.74) is 38.7. The van der Waals surface area contributed by atoms with E-state index in [4.69, 9.17) is 0 Å². The van der Waals surface area contributed by atoms with Gasteiger partial charge in [-0.2, -0.15) is 0 Å². The van der Waals surface area contributed by atoms with Gasteiger partial charge in [0.1, 0.15) is 0 Å². The first-order chi connectivity index (χ1) is 45.2. The minimum absolute atomic E-state index is 0.0344. The summed E-state index contributed by atoms with van der Waals surface area (Å²) in [6.45, 7) is -0.0793. The van der Waals surface area contributed by atoms with Gasteiger partial charge < -0.3 is 0 Å². The van der Waals surface area contributed by atoms with Crippen LogP contribution >= 0.6 is 0 Å². The fraction of sp³-hybridized carbons (Fsp3) is 0. The Balaban J connectivity index is 0.845. The van der Waals surface area contributed by atoms with Crippen LogP contribution in [0.1, 0.15) is 0 Å². The zero-order valence-electron chi connectivity index (χ0n) is 49.1.